The molecule has 3 N–H and O–H groups in total. The molecule has 0 heterocycles. The molecule has 0 aliphatic heterocycles. The number of nitrogen functional groups attached to an aromatic ring is 1. The first-order valence-electron chi connectivity index (χ1n) is 5.79. The summed E-state index contributed by atoms with van der Waals surface area (Å²) in [5.41, 5.74) is 7.83. The lowest BCUT2D eigenvalue weighted by atomic mass is 10.1. The maximum absolute atomic E-state index is 11.3. The van der Waals surface area contributed by atoms with Gasteiger partial charge in [0.05, 0.1) is 0 Å². The molecule has 0 spiro atoms. The van der Waals surface area contributed by atoms with Crippen molar-refractivity contribution >= 4 is 17.2 Å². The highest BCUT2D eigenvalue weighted by Crippen LogP contribution is 2.18. The quantitative estimate of drug-likeness (QED) is 0.440. The van der Waals surface area contributed by atoms with Crippen molar-refractivity contribution in [3.05, 3.63) is 23.8 Å². The first-order chi connectivity index (χ1) is 7.65. The van der Waals surface area contributed by atoms with Crippen LogP contribution < -0.4 is 11.1 Å². The van der Waals surface area contributed by atoms with Gasteiger partial charge in [0.25, 0.3) is 0 Å². The predicted octanol–water partition coefficient (Wildman–Crippen LogP) is 3.07. The van der Waals surface area contributed by atoms with Crippen LogP contribution >= 0.6 is 0 Å². The second kappa shape index (κ2) is 6.16. The molecule has 0 fully saturated rings. The maximum Gasteiger partial charge on any atom is 0.161 e. The van der Waals surface area contributed by atoms with Gasteiger partial charge >= 0.3 is 0 Å². The van der Waals surface area contributed by atoms with E-state index in [0.29, 0.717) is 11.3 Å². The van der Waals surface area contributed by atoms with E-state index in [-0.39, 0.29) is 5.78 Å². The molecule has 0 saturated carbocycles. The molecular weight excluding hydrogens is 200 g/mol. The van der Waals surface area contributed by atoms with Crippen LogP contribution in [0, 0.1) is 0 Å². The summed E-state index contributed by atoms with van der Waals surface area (Å²) >= 11 is 0. The minimum Gasteiger partial charge on any atom is -0.398 e. The van der Waals surface area contributed by atoms with Gasteiger partial charge in [0, 0.05) is 23.5 Å². The van der Waals surface area contributed by atoms with Gasteiger partial charge in [0.15, 0.2) is 5.78 Å². The number of carbonyl (C=O) groups is 1. The predicted molar refractivity (Wildman–Crippen MR) is 68.9 cm³/mol. The molecule has 0 unspecified atom stereocenters. The number of hydrogen-bond acceptors (Lipinski definition) is 3. The van der Waals surface area contributed by atoms with Crippen molar-refractivity contribution in [3.8, 4) is 0 Å². The van der Waals surface area contributed by atoms with E-state index in [1.807, 2.05) is 12.1 Å². The highest BCUT2D eigenvalue weighted by Gasteiger charge is 2.05. The average molecular weight is 220 g/mol. The van der Waals surface area contributed by atoms with E-state index in [4.69, 9.17) is 5.73 Å². The molecule has 0 saturated heterocycles. The Balaban J connectivity index is 2.61. The Morgan fingerprint density at radius 2 is 2.12 bits per heavy atom. The molecule has 0 radical (unpaired) electrons. The van der Waals surface area contributed by atoms with Gasteiger partial charge in [-0.15, -0.1) is 0 Å². The summed E-state index contributed by atoms with van der Waals surface area (Å²) in [5.74, 6) is 0.00899. The number of hydrogen-bond donors (Lipinski definition) is 2. The third-order valence-electron chi connectivity index (χ3n) is 2.54. The Hall–Kier alpha value is -1.51. The number of benzene rings is 1. The third kappa shape index (κ3) is 3.57. The van der Waals surface area contributed by atoms with Gasteiger partial charge in [-0.25, -0.2) is 0 Å². The monoisotopic (exact) mass is 220 g/mol. The van der Waals surface area contributed by atoms with E-state index in [9.17, 15) is 4.79 Å². The summed E-state index contributed by atoms with van der Waals surface area (Å²) in [7, 11) is 0. The lowest BCUT2D eigenvalue weighted by Gasteiger charge is -2.08. The maximum atomic E-state index is 11.3. The van der Waals surface area contributed by atoms with Gasteiger partial charge in [0.1, 0.15) is 0 Å². The molecule has 3 heteroatoms. The Morgan fingerprint density at radius 1 is 1.38 bits per heavy atom. The van der Waals surface area contributed by atoms with Crippen LogP contribution in [0.3, 0.4) is 0 Å². The molecule has 0 atom stereocenters. The number of nitrogens with one attached hydrogen (secondary N) is 1. The normalized spacial score (nSPS) is 10.1. The lowest BCUT2D eigenvalue weighted by molar-refractivity contribution is 0.101. The smallest absolute Gasteiger partial charge is 0.161 e. The van der Waals surface area contributed by atoms with Crippen LogP contribution in [0.25, 0.3) is 0 Å². The van der Waals surface area contributed by atoms with E-state index in [1.165, 1.54) is 19.8 Å². The number of unbranched alkanes of at least 4 members (excludes halogenated alkanes) is 2. The lowest BCUT2D eigenvalue weighted by Crippen LogP contribution is -2.04. The first kappa shape index (κ1) is 12.6. The summed E-state index contributed by atoms with van der Waals surface area (Å²) in [6.45, 7) is 4.65. The van der Waals surface area contributed by atoms with Crippen molar-refractivity contribution in [2.75, 3.05) is 17.6 Å². The molecule has 1 aromatic carbocycles. The Kier molecular flexibility index (Phi) is 4.83. The Bertz CT molecular complexity index is 361. The fourth-order valence-electron chi connectivity index (χ4n) is 1.58. The fourth-order valence-corrected chi connectivity index (χ4v) is 1.58. The zero-order valence-electron chi connectivity index (χ0n) is 10.0. The average Bonchev–Trinajstić information content (AvgIpc) is 2.26. The number of anilines is 2. The zero-order chi connectivity index (χ0) is 12.0. The number of Topliss-reactive ketones (excluding diaryl/α,β-unsaturated/α-hetero) is 1. The van der Waals surface area contributed by atoms with Crippen LogP contribution in [-0.2, 0) is 0 Å². The summed E-state index contributed by atoms with van der Waals surface area (Å²) in [5, 5.41) is 3.29. The standard InChI is InChI=1S/C13H20N2O/c1-3-4-5-8-15-11-6-7-13(14)12(9-11)10(2)16/h6-7,9,15H,3-5,8,14H2,1-2H3. The summed E-state index contributed by atoms with van der Waals surface area (Å²) in [6.07, 6.45) is 3.58. The van der Waals surface area contributed by atoms with Gasteiger partial charge in [-0.3, -0.25) is 4.79 Å². The Morgan fingerprint density at radius 3 is 2.75 bits per heavy atom. The molecule has 0 aliphatic carbocycles. The van der Waals surface area contributed by atoms with Crippen LogP contribution in [0.4, 0.5) is 11.4 Å². The first-order valence-corrected chi connectivity index (χ1v) is 5.79. The highest BCUT2D eigenvalue weighted by atomic mass is 16.1. The highest BCUT2D eigenvalue weighted by molar-refractivity contribution is 5.99. The number of carbonyl (C=O) groups excluding carboxylic acids is 1. The molecular formula is C13H20N2O. The summed E-state index contributed by atoms with van der Waals surface area (Å²) in [6, 6.07) is 5.51. The molecule has 1 aromatic rings. The minimum absolute atomic E-state index is 0.00899. The van der Waals surface area contributed by atoms with Crippen molar-refractivity contribution in [1.82, 2.24) is 0 Å². The second-order valence-electron chi connectivity index (χ2n) is 3.99. The molecule has 0 bridgehead atoms. The van der Waals surface area contributed by atoms with Crippen LogP contribution in [-0.4, -0.2) is 12.3 Å². The molecule has 88 valence electrons. The zero-order valence-corrected chi connectivity index (χ0v) is 10.0. The van der Waals surface area contributed by atoms with E-state index in [0.717, 1.165) is 18.7 Å². The van der Waals surface area contributed by atoms with Gasteiger partial charge in [-0.2, -0.15) is 0 Å². The van der Waals surface area contributed by atoms with Crippen molar-refractivity contribution in [2.24, 2.45) is 0 Å². The fraction of sp³-hybridized carbons (Fsp3) is 0.462. The van der Waals surface area contributed by atoms with E-state index in [2.05, 4.69) is 12.2 Å². The molecule has 0 aliphatic rings. The van der Waals surface area contributed by atoms with Crippen molar-refractivity contribution in [1.29, 1.82) is 0 Å². The topological polar surface area (TPSA) is 55.1 Å². The molecule has 3 nitrogen and oxygen atoms in total. The van der Waals surface area contributed by atoms with Gasteiger partial charge in [0.2, 0.25) is 0 Å². The minimum atomic E-state index is 0.00899. The Labute approximate surface area is 97.0 Å². The second-order valence-corrected chi connectivity index (χ2v) is 3.99. The molecule has 0 aromatic heterocycles. The number of rotatable bonds is 6. The third-order valence-corrected chi connectivity index (χ3v) is 2.54. The largest absolute Gasteiger partial charge is 0.398 e. The molecule has 0 amide bonds. The summed E-state index contributed by atoms with van der Waals surface area (Å²) < 4.78 is 0. The van der Waals surface area contributed by atoms with Gasteiger partial charge in [-0.1, -0.05) is 19.8 Å². The van der Waals surface area contributed by atoms with Crippen molar-refractivity contribution < 1.29 is 4.79 Å². The van der Waals surface area contributed by atoms with E-state index >= 15 is 0 Å². The van der Waals surface area contributed by atoms with Crippen molar-refractivity contribution in [3.63, 3.8) is 0 Å². The van der Waals surface area contributed by atoms with E-state index in [1.54, 1.807) is 6.07 Å². The molecule has 16 heavy (non-hydrogen) atoms. The van der Waals surface area contributed by atoms with Crippen LogP contribution in [0.15, 0.2) is 18.2 Å². The van der Waals surface area contributed by atoms with Crippen molar-refractivity contribution in [2.45, 2.75) is 33.1 Å². The SMILES string of the molecule is CCCCCNc1ccc(N)c(C(C)=O)c1. The van der Waals surface area contributed by atoms with Crippen LogP contribution in [0.5, 0.6) is 0 Å². The van der Waals surface area contributed by atoms with Crippen LogP contribution in [0.1, 0.15) is 43.5 Å². The number of ketones is 1. The summed E-state index contributed by atoms with van der Waals surface area (Å²) in [4.78, 5) is 11.3. The van der Waals surface area contributed by atoms with E-state index < -0.39 is 0 Å². The van der Waals surface area contributed by atoms with Gasteiger partial charge in [-0.05, 0) is 31.5 Å². The number of nitrogens with two attached hydrogens (primary N) is 1. The molecule has 1 rings (SSSR count). The van der Waals surface area contributed by atoms with Crippen LogP contribution in [0.2, 0.25) is 0 Å². The van der Waals surface area contributed by atoms with Gasteiger partial charge < -0.3 is 11.1 Å².